The lowest BCUT2D eigenvalue weighted by molar-refractivity contribution is -0.146. The minimum atomic E-state index is -0.126. The van der Waals surface area contributed by atoms with Gasteiger partial charge in [0, 0.05) is 6.04 Å². The molecular weight excluding hydrogens is 166 g/mol. The number of ether oxygens (including phenoxy) is 1. The van der Waals surface area contributed by atoms with Crippen molar-refractivity contribution in [3.63, 3.8) is 0 Å². The van der Waals surface area contributed by atoms with Gasteiger partial charge in [0.25, 0.3) is 0 Å². The largest absolute Gasteiger partial charge is 0.469 e. The summed E-state index contributed by atoms with van der Waals surface area (Å²) in [5.74, 6) is -0.177. The molecule has 0 saturated carbocycles. The molecular formula is C10H21NO2. The molecule has 0 heterocycles. The Labute approximate surface area is 81.1 Å². The van der Waals surface area contributed by atoms with E-state index < -0.39 is 0 Å². The van der Waals surface area contributed by atoms with E-state index in [0.717, 1.165) is 13.1 Å². The molecule has 0 aromatic carbocycles. The van der Waals surface area contributed by atoms with Crippen molar-refractivity contribution >= 4 is 5.97 Å². The molecule has 0 aliphatic rings. The first-order valence-electron chi connectivity index (χ1n) is 4.90. The summed E-state index contributed by atoms with van der Waals surface area (Å²) < 4.78 is 4.71. The van der Waals surface area contributed by atoms with E-state index in [0.29, 0.717) is 0 Å². The first-order valence-corrected chi connectivity index (χ1v) is 4.90. The zero-order valence-electron chi connectivity index (χ0n) is 9.33. The van der Waals surface area contributed by atoms with Crippen LogP contribution < -0.4 is 0 Å². The van der Waals surface area contributed by atoms with E-state index >= 15 is 0 Å². The molecule has 0 saturated heterocycles. The Morgan fingerprint density at radius 1 is 1.31 bits per heavy atom. The summed E-state index contributed by atoms with van der Waals surface area (Å²) in [6, 6.07) is 0.252. The molecule has 0 spiro atoms. The molecule has 0 fully saturated rings. The first-order chi connectivity index (χ1) is 6.08. The molecule has 0 rings (SSSR count). The molecule has 3 nitrogen and oxygen atoms in total. The molecule has 0 bridgehead atoms. The van der Waals surface area contributed by atoms with Crippen LogP contribution in [0.25, 0.3) is 0 Å². The highest BCUT2D eigenvalue weighted by Gasteiger charge is 2.24. The Kier molecular flexibility index (Phi) is 5.71. The third-order valence-electron chi connectivity index (χ3n) is 2.68. The predicted molar refractivity (Wildman–Crippen MR) is 53.6 cm³/mol. The summed E-state index contributed by atoms with van der Waals surface area (Å²) >= 11 is 0. The number of carbonyl (C=O) groups excluding carboxylic acids is 1. The van der Waals surface area contributed by atoms with E-state index in [1.165, 1.54) is 7.11 Å². The molecule has 13 heavy (non-hydrogen) atoms. The van der Waals surface area contributed by atoms with Crippen LogP contribution in [0.1, 0.15) is 27.7 Å². The number of methoxy groups -OCH3 is 1. The molecule has 0 N–H and O–H groups in total. The van der Waals surface area contributed by atoms with Crippen LogP contribution in [-0.2, 0) is 9.53 Å². The average molecular weight is 187 g/mol. The molecule has 2 unspecified atom stereocenters. The van der Waals surface area contributed by atoms with Gasteiger partial charge in [-0.3, -0.25) is 4.79 Å². The Bertz CT molecular complexity index is 155. The van der Waals surface area contributed by atoms with Crippen LogP contribution in [0, 0.1) is 5.92 Å². The highest BCUT2D eigenvalue weighted by molar-refractivity contribution is 5.72. The number of hydrogen-bond acceptors (Lipinski definition) is 3. The topological polar surface area (TPSA) is 29.5 Å². The molecule has 0 aliphatic heterocycles. The fourth-order valence-corrected chi connectivity index (χ4v) is 1.50. The molecule has 0 aliphatic carbocycles. The van der Waals surface area contributed by atoms with Gasteiger partial charge in [-0.2, -0.15) is 0 Å². The van der Waals surface area contributed by atoms with E-state index in [4.69, 9.17) is 4.74 Å². The molecule has 0 aromatic rings. The van der Waals surface area contributed by atoms with E-state index in [1.807, 2.05) is 6.92 Å². The maximum Gasteiger partial charge on any atom is 0.309 e. The van der Waals surface area contributed by atoms with E-state index in [2.05, 4.69) is 25.7 Å². The lowest BCUT2D eigenvalue weighted by Gasteiger charge is -2.29. The molecule has 0 radical (unpaired) electrons. The van der Waals surface area contributed by atoms with Gasteiger partial charge in [-0.05, 0) is 20.0 Å². The second kappa shape index (κ2) is 5.97. The Morgan fingerprint density at radius 3 is 2.08 bits per heavy atom. The van der Waals surface area contributed by atoms with Gasteiger partial charge in [-0.15, -0.1) is 0 Å². The quantitative estimate of drug-likeness (QED) is 0.611. The normalized spacial score (nSPS) is 15.5. The van der Waals surface area contributed by atoms with Gasteiger partial charge in [-0.25, -0.2) is 0 Å². The van der Waals surface area contributed by atoms with Crippen LogP contribution in [0.5, 0.6) is 0 Å². The number of nitrogens with zero attached hydrogens (tertiary/aromatic N) is 1. The number of hydrogen-bond donors (Lipinski definition) is 0. The van der Waals surface area contributed by atoms with Gasteiger partial charge < -0.3 is 9.64 Å². The summed E-state index contributed by atoms with van der Waals surface area (Å²) in [4.78, 5) is 13.5. The lowest BCUT2D eigenvalue weighted by Crippen LogP contribution is -2.40. The number of esters is 1. The monoisotopic (exact) mass is 187 g/mol. The van der Waals surface area contributed by atoms with Crippen LogP contribution in [0.2, 0.25) is 0 Å². The summed E-state index contributed by atoms with van der Waals surface area (Å²) in [5, 5.41) is 0. The summed E-state index contributed by atoms with van der Waals surface area (Å²) in [7, 11) is 1.44. The second-order valence-electron chi connectivity index (χ2n) is 3.27. The average Bonchev–Trinajstić information content (AvgIpc) is 2.17. The van der Waals surface area contributed by atoms with Crippen molar-refractivity contribution in [3.8, 4) is 0 Å². The Hall–Kier alpha value is -0.570. The van der Waals surface area contributed by atoms with E-state index in [-0.39, 0.29) is 17.9 Å². The van der Waals surface area contributed by atoms with Crippen LogP contribution in [-0.4, -0.2) is 37.1 Å². The van der Waals surface area contributed by atoms with Gasteiger partial charge in [0.15, 0.2) is 0 Å². The fourth-order valence-electron chi connectivity index (χ4n) is 1.50. The smallest absolute Gasteiger partial charge is 0.309 e. The third-order valence-corrected chi connectivity index (χ3v) is 2.68. The summed E-state index contributed by atoms with van der Waals surface area (Å²) in [5.41, 5.74) is 0. The summed E-state index contributed by atoms with van der Waals surface area (Å²) in [6.07, 6.45) is 0. The van der Waals surface area contributed by atoms with Crippen LogP contribution >= 0.6 is 0 Å². The molecule has 78 valence electrons. The predicted octanol–water partition coefficient (Wildman–Crippen LogP) is 1.53. The highest BCUT2D eigenvalue weighted by atomic mass is 16.5. The SMILES string of the molecule is CCN(CC)C(C)C(C)C(=O)OC. The minimum Gasteiger partial charge on any atom is -0.469 e. The van der Waals surface area contributed by atoms with Gasteiger partial charge in [0.1, 0.15) is 0 Å². The fraction of sp³-hybridized carbons (Fsp3) is 0.900. The Balaban J connectivity index is 4.21. The zero-order valence-corrected chi connectivity index (χ0v) is 9.33. The molecule has 2 atom stereocenters. The van der Waals surface area contributed by atoms with Crippen molar-refractivity contribution in [2.75, 3.05) is 20.2 Å². The Morgan fingerprint density at radius 2 is 1.77 bits per heavy atom. The molecule has 0 amide bonds. The second-order valence-corrected chi connectivity index (χ2v) is 3.27. The van der Waals surface area contributed by atoms with Gasteiger partial charge in [-0.1, -0.05) is 20.8 Å². The first kappa shape index (κ1) is 12.4. The maximum atomic E-state index is 11.2. The zero-order chi connectivity index (χ0) is 10.4. The lowest BCUT2D eigenvalue weighted by atomic mass is 10.0. The van der Waals surface area contributed by atoms with Crippen molar-refractivity contribution < 1.29 is 9.53 Å². The van der Waals surface area contributed by atoms with E-state index in [9.17, 15) is 4.79 Å². The maximum absolute atomic E-state index is 11.2. The molecule has 0 aromatic heterocycles. The van der Waals surface area contributed by atoms with Gasteiger partial charge >= 0.3 is 5.97 Å². The van der Waals surface area contributed by atoms with Crippen LogP contribution in [0.15, 0.2) is 0 Å². The van der Waals surface area contributed by atoms with Crippen molar-refractivity contribution in [1.82, 2.24) is 4.90 Å². The van der Waals surface area contributed by atoms with Crippen LogP contribution in [0.4, 0.5) is 0 Å². The van der Waals surface area contributed by atoms with Crippen molar-refractivity contribution in [2.24, 2.45) is 5.92 Å². The van der Waals surface area contributed by atoms with Gasteiger partial charge in [0.2, 0.25) is 0 Å². The van der Waals surface area contributed by atoms with Crippen LogP contribution in [0.3, 0.4) is 0 Å². The van der Waals surface area contributed by atoms with Gasteiger partial charge in [0.05, 0.1) is 13.0 Å². The third kappa shape index (κ3) is 3.35. The minimum absolute atomic E-state index is 0.0510. The molecule has 3 heteroatoms. The standard InChI is InChI=1S/C10H21NO2/c1-6-11(7-2)9(4)8(3)10(12)13-5/h8-9H,6-7H2,1-5H3. The number of rotatable bonds is 5. The summed E-state index contributed by atoms with van der Waals surface area (Å²) in [6.45, 7) is 10.1. The van der Waals surface area contributed by atoms with Crippen molar-refractivity contribution in [3.05, 3.63) is 0 Å². The van der Waals surface area contributed by atoms with Crippen molar-refractivity contribution in [2.45, 2.75) is 33.7 Å². The van der Waals surface area contributed by atoms with E-state index in [1.54, 1.807) is 0 Å². The highest BCUT2D eigenvalue weighted by Crippen LogP contribution is 2.11. The number of carbonyl (C=O) groups is 1. The van der Waals surface area contributed by atoms with Crippen molar-refractivity contribution in [1.29, 1.82) is 0 Å².